The minimum atomic E-state index is 0.404. The summed E-state index contributed by atoms with van der Waals surface area (Å²) in [5.74, 6) is 0. The number of aromatic amines is 1. The Bertz CT molecular complexity index is 527. The lowest BCUT2D eigenvalue weighted by Gasteiger charge is -2.23. The van der Waals surface area contributed by atoms with Crippen LogP contribution in [0.4, 0.5) is 0 Å². The first kappa shape index (κ1) is 12.4. The number of imidazole rings is 1. The summed E-state index contributed by atoms with van der Waals surface area (Å²) in [4.78, 5) is 7.71. The fraction of sp³-hybridized carbons (Fsp3) is 0.438. The van der Waals surface area contributed by atoms with E-state index in [1.54, 1.807) is 0 Å². The van der Waals surface area contributed by atoms with E-state index in [1.165, 1.54) is 22.5 Å². The Balaban J connectivity index is 1.64. The normalized spacial score (nSPS) is 18.3. The van der Waals surface area contributed by atoms with Gasteiger partial charge in [-0.3, -0.25) is 0 Å². The zero-order valence-electron chi connectivity index (χ0n) is 11.4. The Morgan fingerprint density at radius 3 is 2.79 bits per heavy atom. The third-order valence-electron chi connectivity index (χ3n) is 4.00. The molecule has 1 aliphatic rings. The van der Waals surface area contributed by atoms with E-state index in [0.717, 1.165) is 32.2 Å². The Kier molecular flexibility index (Phi) is 3.65. The van der Waals surface area contributed by atoms with Gasteiger partial charge in [-0.15, -0.1) is 0 Å². The lowest BCUT2D eigenvalue weighted by molar-refractivity contribution is 0.464. The van der Waals surface area contributed by atoms with Crippen LogP contribution < -0.4 is 5.32 Å². The highest BCUT2D eigenvalue weighted by molar-refractivity contribution is 5.24. The van der Waals surface area contributed by atoms with Gasteiger partial charge in [0, 0.05) is 18.7 Å². The molecule has 1 aromatic carbocycles. The molecule has 0 saturated heterocycles. The highest BCUT2D eigenvalue weighted by Gasteiger charge is 2.21. The van der Waals surface area contributed by atoms with E-state index in [1.807, 2.05) is 6.33 Å². The summed E-state index contributed by atoms with van der Waals surface area (Å²) in [6, 6.07) is 9.40. The zero-order chi connectivity index (χ0) is 13.1. The number of rotatable bonds is 4. The molecule has 0 aliphatic carbocycles. The summed E-state index contributed by atoms with van der Waals surface area (Å²) < 4.78 is 0. The Labute approximate surface area is 114 Å². The van der Waals surface area contributed by atoms with Gasteiger partial charge in [-0.25, -0.2) is 4.98 Å². The molecule has 3 heteroatoms. The fourth-order valence-electron chi connectivity index (χ4n) is 2.79. The largest absolute Gasteiger partial charge is 0.348 e. The summed E-state index contributed by atoms with van der Waals surface area (Å²) >= 11 is 0. The minimum Gasteiger partial charge on any atom is -0.348 e. The predicted octanol–water partition coefficient (Wildman–Crippen LogP) is 2.79. The van der Waals surface area contributed by atoms with Crippen LogP contribution in [0.3, 0.4) is 0 Å². The molecular formula is C16H21N3. The summed E-state index contributed by atoms with van der Waals surface area (Å²) in [6.07, 6.45) is 6.22. The van der Waals surface area contributed by atoms with Crippen LogP contribution in [0, 0.1) is 0 Å². The van der Waals surface area contributed by atoms with Crippen molar-refractivity contribution in [3.8, 4) is 0 Å². The second-order valence-electron chi connectivity index (χ2n) is 5.23. The van der Waals surface area contributed by atoms with Gasteiger partial charge in [0.2, 0.25) is 0 Å². The van der Waals surface area contributed by atoms with Crippen LogP contribution in [-0.2, 0) is 19.3 Å². The van der Waals surface area contributed by atoms with Gasteiger partial charge in [0.05, 0.1) is 18.1 Å². The topological polar surface area (TPSA) is 40.7 Å². The SMILES string of the molecule is CCc1ccc(CCC2NCCc3[nH]cnc32)cc1. The third-order valence-corrected chi connectivity index (χ3v) is 4.00. The molecule has 1 aliphatic heterocycles. The lowest BCUT2D eigenvalue weighted by atomic mass is 9.98. The number of benzene rings is 1. The van der Waals surface area contributed by atoms with Crippen LogP contribution in [-0.4, -0.2) is 16.5 Å². The summed E-state index contributed by atoms with van der Waals surface area (Å²) in [6.45, 7) is 3.24. The second-order valence-corrected chi connectivity index (χ2v) is 5.23. The summed E-state index contributed by atoms with van der Waals surface area (Å²) in [5.41, 5.74) is 5.36. The highest BCUT2D eigenvalue weighted by atomic mass is 15.0. The maximum Gasteiger partial charge on any atom is 0.0925 e. The fourth-order valence-corrected chi connectivity index (χ4v) is 2.79. The third kappa shape index (κ3) is 2.71. The zero-order valence-corrected chi connectivity index (χ0v) is 11.4. The lowest BCUT2D eigenvalue weighted by Crippen LogP contribution is -2.30. The Hall–Kier alpha value is -1.61. The monoisotopic (exact) mass is 255 g/mol. The van der Waals surface area contributed by atoms with Crippen LogP contribution in [0.25, 0.3) is 0 Å². The average Bonchev–Trinajstić information content (AvgIpc) is 2.94. The van der Waals surface area contributed by atoms with E-state index in [2.05, 4.69) is 46.5 Å². The van der Waals surface area contributed by atoms with Crippen molar-refractivity contribution in [2.45, 2.75) is 38.6 Å². The maximum absolute atomic E-state index is 4.46. The predicted molar refractivity (Wildman–Crippen MR) is 77.2 cm³/mol. The number of hydrogen-bond donors (Lipinski definition) is 2. The molecular weight excluding hydrogens is 234 g/mol. The number of nitrogens with zero attached hydrogens (tertiary/aromatic N) is 1. The Morgan fingerprint density at radius 2 is 2.00 bits per heavy atom. The standard InChI is InChI=1S/C16H21N3/c1-2-12-3-5-13(6-4-12)7-8-14-16-15(9-10-17-14)18-11-19-16/h3-6,11,14,17H,2,7-10H2,1H3,(H,18,19). The van der Waals surface area contributed by atoms with E-state index in [0.29, 0.717) is 6.04 Å². The van der Waals surface area contributed by atoms with Crippen molar-refractivity contribution in [1.82, 2.24) is 15.3 Å². The molecule has 3 nitrogen and oxygen atoms in total. The van der Waals surface area contributed by atoms with E-state index >= 15 is 0 Å². The van der Waals surface area contributed by atoms with Gasteiger partial charge in [-0.1, -0.05) is 31.2 Å². The molecule has 100 valence electrons. The molecule has 1 unspecified atom stereocenters. The molecule has 0 radical (unpaired) electrons. The van der Waals surface area contributed by atoms with Gasteiger partial charge in [-0.05, 0) is 30.4 Å². The quantitative estimate of drug-likeness (QED) is 0.882. The average molecular weight is 255 g/mol. The number of hydrogen-bond acceptors (Lipinski definition) is 2. The highest BCUT2D eigenvalue weighted by Crippen LogP contribution is 2.23. The molecule has 0 fully saturated rings. The van der Waals surface area contributed by atoms with Gasteiger partial charge < -0.3 is 10.3 Å². The molecule has 0 saturated carbocycles. The first-order valence-corrected chi connectivity index (χ1v) is 7.20. The van der Waals surface area contributed by atoms with Crippen LogP contribution in [0.1, 0.15) is 41.9 Å². The molecule has 1 aromatic heterocycles. The molecule has 0 bridgehead atoms. The van der Waals surface area contributed by atoms with E-state index in [4.69, 9.17) is 0 Å². The summed E-state index contributed by atoms with van der Waals surface area (Å²) in [5, 5.41) is 3.57. The first-order chi connectivity index (χ1) is 9.36. The van der Waals surface area contributed by atoms with Crippen LogP contribution in [0.15, 0.2) is 30.6 Å². The van der Waals surface area contributed by atoms with Gasteiger partial charge in [0.1, 0.15) is 0 Å². The van der Waals surface area contributed by atoms with Crippen molar-refractivity contribution >= 4 is 0 Å². The first-order valence-electron chi connectivity index (χ1n) is 7.20. The smallest absolute Gasteiger partial charge is 0.0925 e. The molecule has 19 heavy (non-hydrogen) atoms. The molecule has 1 atom stereocenters. The van der Waals surface area contributed by atoms with Crippen LogP contribution in [0.2, 0.25) is 0 Å². The molecule has 0 amide bonds. The number of aromatic nitrogens is 2. The van der Waals surface area contributed by atoms with Crippen molar-refractivity contribution in [2.24, 2.45) is 0 Å². The molecule has 2 aromatic rings. The van der Waals surface area contributed by atoms with Crippen LogP contribution >= 0.6 is 0 Å². The van der Waals surface area contributed by atoms with Crippen LogP contribution in [0.5, 0.6) is 0 Å². The Morgan fingerprint density at radius 1 is 1.21 bits per heavy atom. The molecule has 2 heterocycles. The van der Waals surface area contributed by atoms with Crippen molar-refractivity contribution in [1.29, 1.82) is 0 Å². The summed E-state index contributed by atoms with van der Waals surface area (Å²) in [7, 11) is 0. The molecule has 2 N–H and O–H groups in total. The maximum atomic E-state index is 4.46. The van der Waals surface area contributed by atoms with E-state index in [-0.39, 0.29) is 0 Å². The number of aryl methyl sites for hydroxylation is 2. The van der Waals surface area contributed by atoms with Gasteiger partial charge in [0.25, 0.3) is 0 Å². The van der Waals surface area contributed by atoms with Gasteiger partial charge in [0.15, 0.2) is 0 Å². The van der Waals surface area contributed by atoms with Gasteiger partial charge >= 0.3 is 0 Å². The number of fused-ring (bicyclic) bond motifs is 1. The minimum absolute atomic E-state index is 0.404. The van der Waals surface area contributed by atoms with Crippen molar-refractivity contribution < 1.29 is 0 Å². The van der Waals surface area contributed by atoms with E-state index in [9.17, 15) is 0 Å². The van der Waals surface area contributed by atoms with Crippen molar-refractivity contribution in [3.05, 3.63) is 53.1 Å². The van der Waals surface area contributed by atoms with Crippen molar-refractivity contribution in [3.63, 3.8) is 0 Å². The van der Waals surface area contributed by atoms with Crippen molar-refractivity contribution in [2.75, 3.05) is 6.54 Å². The van der Waals surface area contributed by atoms with E-state index < -0.39 is 0 Å². The number of nitrogens with one attached hydrogen (secondary N) is 2. The molecule has 3 rings (SSSR count). The number of H-pyrrole nitrogens is 1. The second kappa shape index (κ2) is 5.57. The molecule has 0 spiro atoms. The van der Waals surface area contributed by atoms with Gasteiger partial charge in [-0.2, -0.15) is 0 Å².